The minimum atomic E-state index is -1.23. The topological polar surface area (TPSA) is 107 Å². The molecule has 0 aromatic heterocycles. The maximum Gasteiger partial charge on any atom is 0.326 e. The van der Waals surface area contributed by atoms with Crippen LogP contribution in [-0.4, -0.2) is 64.2 Å². The Labute approximate surface area is 122 Å². The van der Waals surface area contributed by atoms with E-state index in [0.29, 0.717) is 0 Å². The molecule has 0 fully saturated rings. The molecule has 0 rings (SSSR count). The van der Waals surface area contributed by atoms with Crippen LogP contribution in [0.1, 0.15) is 26.2 Å². The Morgan fingerprint density at radius 1 is 1.30 bits per heavy atom. The highest BCUT2D eigenvalue weighted by molar-refractivity contribution is 7.98. The van der Waals surface area contributed by atoms with Crippen LogP contribution in [0.25, 0.3) is 0 Å². The van der Waals surface area contributed by atoms with Crippen molar-refractivity contribution in [3.05, 3.63) is 0 Å². The van der Waals surface area contributed by atoms with Gasteiger partial charge in [0.2, 0.25) is 0 Å². The number of carbonyl (C=O) groups is 3. The van der Waals surface area contributed by atoms with Crippen molar-refractivity contribution in [3.8, 4) is 0 Å². The molecule has 0 bridgehead atoms. The summed E-state index contributed by atoms with van der Waals surface area (Å²) in [5.41, 5.74) is 0. The Balaban J connectivity index is 4.57. The van der Waals surface area contributed by atoms with Crippen LogP contribution >= 0.6 is 11.8 Å². The summed E-state index contributed by atoms with van der Waals surface area (Å²) in [6.45, 7) is 1.95. The van der Waals surface area contributed by atoms with E-state index in [2.05, 4.69) is 5.32 Å². The first kappa shape index (κ1) is 18.6. The van der Waals surface area contributed by atoms with Crippen molar-refractivity contribution < 1.29 is 24.6 Å². The number of hydrogen-bond acceptors (Lipinski definition) is 4. The van der Waals surface area contributed by atoms with Gasteiger partial charge in [0.05, 0.1) is 0 Å². The smallest absolute Gasteiger partial charge is 0.326 e. The number of amides is 2. The minimum Gasteiger partial charge on any atom is -0.481 e. The fourth-order valence-corrected chi connectivity index (χ4v) is 2.48. The van der Waals surface area contributed by atoms with Crippen molar-refractivity contribution in [1.82, 2.24) is 10.2 Å². The number of carbonyl (C=O) groups excluding carboxylic acids is 1. The highest BCUT2D eigenvalue weighted by Gasteiger charge is 2.25. The molecule has 0 heterocycles. The molecule has 0 saturated carbocycles. The van der Waals surface area contributed by atoms with Gasteiger partial charge in [-0.3, -0.25) is 4.79 Å². The number of aliphatic carboxylic acids is 2. The molecule has 0 saturated heterocycles. The van der Waals surface area contributed by atoms with Crippen LogP contribution in [0.3, 0.4) is 0 Å². The minimum absolute atomic E-state index is 0.0129. The van der Waals surface area contributed by atoms with Crippen molar-refractivity contribution in [2.75, 3.05) is 19.1 Å². The molecule has 2 unspecified atom stereocenters. The van der Waals surface area contributed by atoms with Crippen molar-refractivity contribution in [2.45, 2.75) is 38.3 Å². The lowest BCUT2D eigenvalue weighted by atomic mass is 10.1. The molecule has 0 radical (unpaired) electrons. The molecular formula is C12H22N2O5S. The van der Waals surface area contributed by atoms with Gasteiger partial charge in [0.1, 0.15) is 6.04 Å². The standard InChI is InChI=1S/C12H22N2O5S/c1-4-8(7-20-3)14(2)12(19)13-9(11(17)18)5-6-10(15)16/h8-9H,4-7H2,1-3H3,(H,13,19)(H,15,16)(H,17,18). The number of rotatable bonds is 9. The summed E-state index contributed by atoms with van der Waals surface area (Å²) in [7, 11) is 1.61. The third kappa shape index (κ3) is 6.65. The fourth-order valence-electron chi connectivity index (χ4n) is 1.64. The van der Waals surface area contributed by atoms with Gasteiger partial charge in [-0.15, -0.1) is 0 Å². The van der Waals surface area contributed by atoms with Crippen molar-refractivity contribution >= 4 is 29.7 Å². The lowest BCUT2D eigenvalue weighted by molar-refractivity contribution is -0.140. The molecule has 3 N–H and O–H groups in total. The first-order chi connectivity index (χ1) is 9.33. The fraction of sp³-hybridized carbons (Fsp3) is 0.750. The molecule has 2 atom stereocenters. The van der Waals surface area contributed by atoms with Gasteiger partial charge in [0.15, 0.2) is 0 Å². The molecule has 0 aliphatic rings. The van der Waals surface area contributed by atoms with Crippen LogP contribution in [0.5, 0.6) is 0 Å². The molecule has 7 nitrogen and oxygen atoms in total. The summed E-state index contributed by atoms with van der Waals surface area (Å²) < 4.78 is 0. The Bertz CT molecular complexity index is 351. The summed E-state index contributed by atoms with van der Waals surface area (Å²) in [4.78, 5) is 34.9. The van der Waals surface area contributed by atoms with Gasteiger partial charge in [0, 0.05) is 25.3 Å². The van der Waals surface area contributed by atoms with Gasteiger partial charge < -0.3 is 20.4 Å². The van der Waals surface area contributed by atoms with Gasteiger partial charge in [-0.25, -0.2) is 9.59 Å². The number of nitrogens with one attached hydrogen (secondary N) is 1. The van der Waals surface area contributed by atoms with E-state index >= 15 is 0 Å². The lowest BCUT2D eigenvalue weighted by Gasteiger charge is -2.28. The molecule has 8 heteroatoms. The molecular weight excluding hydrogens is 284 g/mol. The van der Waals surface area contributed by atoms with Crippen molar-refractivity contribution in [1.29, 1.82) is 0 Å². The molecule has 0 aliphatic heterocycles. The van der Waals surface area contributed by atoms with E-state index in [1.54, 1.807) is 18.8 Å². The van der Waals surface area contributed by atoms with Gasteiger partial charge in [0.25, 0.3) is 0 Å². The first-order valence-corrected chi connectivity index (χ1v) is 7.69. The van der Waals surface area contributed by atoms with E-state index in [4.69, 9.17) is 10.2 Å². The Hall–Kier alpha value is -1.44. The number of nitrogens with zero attached hydrogens (tertiary/aromatic N) is 1. The molecule has 0 spiro atoms. The SMILES string of the molecule is CCC(CSC)N(C)C(=O)NC(CCC(=O)O)C(=O)O. The Kier molecular flexibility index (Phi) is 8.78. The predicted octanol–water partition coefficient (Wildman–Crippen LogP) is 1.09. The average Bonchev–Trinajstić information content (AvgIpc) is 2.39. The molecule has 116 valence electrons. The monoisotopic (exact) mass is 306 g/mol. The number of thioether (sulfide) groups is 1. The van der Waals surface area contributed by atoms with Gasteiger partial charge in [-0.2, -0.15) is 11.8 Å². The van der Waals surface area contributed by atoms with Crippen LogP contribution in [-0.2, 0) is 9.59 Å². The Morgan fingerprint density at radius 3 is 2.30 bits per heavy atom. The molecule has 0 aliphatic carbocycles. The zero-order chi connectivity index (χ0) is 15.7. The van der Waals surface area contributed by atoms with Crippen LogP contribution in [0, 0.1) is 0 Å². The van der Waals surface area contributed by atoms with Gasteiger partial charge in [-0.05, 0) is 19.1 Å². The van der Waals surface area contributed by atoms with Crippen LogP contribution < -0.4 is 5.32 Å². The quantitative estimate of drug-likeness (QED) is 0.588. The van der Waals surface area contributed by atoms with Crippen LogP contribution in [0.4, 0.5) is 4.79 Å². The number of carboxylic acids is 2. The van der Waals surface area contributed by atoms with Crippen molar-refractivity contribution in [3.63, 3.8) is 0 Å². The lowest BCUT2D eigenvalue weighted by Crippen LogP contribution is -2.50. The number of hydrogen-bond donors (Lipinski definition) is 3. The summed E-state index contributed by atoms with van der Waals surface area (Å²) in [6.07, 6.45) is 2.26. The van der Waals surface area contributed by atoms with E-state index in [-0.39, 0.29) is 18.9 Å². The highest BCUT2D eigenvalue weighted by Crippen LogP contribution is 2.09. The second-order valence-corrected chi connectivity index (χ2v) is 5.31. The van der Waals surface area contributed by atoms with Gasteiger partial charge >= 0.3 is 18.0 Å². The summed E-state index contributed by atoms with van der Waals surface area (Å²) in [6, 6.07) is -1.67. The molecule has 2 amide bonds. The van der Waals surface area contributed by atoms with E-state index in [1.165, 1.54) is 4.90 Å². The maximum absolute atomic E-state index is 12.0. The van der Waals surface area contributed by atoms with E-state index in [1.807, 2.05) is 13.2 Å². The summed E-state index contributed by atoms with van der Waals surface area (Å²) in [5.74, 6) is -1.56. The third-order valence-electron chi connectivity index (χ3n) is 2.94. The molecule has 0 aromatic rings. The van der Waals surface area contributed by atoms with E-state index in [9.17, 15) is 14.4 Å². The second-order valence-electron chi connectivity index (χ2n) is 4.40. The molecule has 0 aromatic carbocycles. The summed E-state index contributed by atoms with van der Waals surface area (Å²) >= 11 is 1.60. The molecule has 20 heavy (non-hydrogen) atoms. The third-order valence-corrected chi connectivity index (χ3v) is 3.66. The predicted molar refractivity (Wildman–Crippen MR) is 77.0 cm³/mol. The van der Waals surface area contributed by atoms with Crippen LogP contribution in [0.2, 0.25) is 0 Å². The Morgan fingerprint density at radius 2 is 1.90 bits per heavy atom. The normalized spacial score (nSPS) is 13.3. The van der Waals surface area contributed by atoms with Crippen LogP contribution in [0.15, 0.2) is 0 Å². The highest BCUT2D eigenvalue weighted by atomic mass is 32.2. The zero-order valence-electron chi connectivity index (χ0n) is 12.0. The number of urea groups is 1. The zero-order valence-corrected chi connectivity index (χ0v) is 12.8. The number of carboxylic acid groups (broad SMARTS) is 2. The first-order valence-electron chi connectivity index (χ1n) is 6.30. The van der Waals surface area contributed by atoms with E-state index in [0.717, 1.165) is 12.2 Å². The van der Waals surface area contributed by atoms with Gasteiger partial charge in [-0.1, -0.05) is 6.92 Å². The summed E-state index contributed by atoms with van der Waals surface area (Å²) in [5, 5.41) is 19.9. The maximum atomic E-state index is 12.0. The van der Waals surface area contributed by atoms with Crippen molar-refractivity contribution in [2.24, 2.45) is 0 Å². The van der Waals surface area contributed by atoms with E-state index < -0.39 is 24.0 Å². The average molecular weight is 306 g/mol. The largest absolute Gasteiger partial charge is 0.481 e. The second kappa shape index (κ2) is 9.46.